The highest BCUT2D eigenvalue weighted by Crippen LogP contribution is 2.22. The van der Waals surface area contributed by atoms with E-state index in [4.69, 9.17) is 23.2 Å². The van der Waals surface area contributed by atoms with Crippen molar-refractivity contribution >= 4 is 34.8 Å². The van der Waals surface area contributed by atoms with Gasteiger partial charge in [0.05, 0.1) is 18.4 Å². The van der Waals surface area contributed by atoms with E-state index in [-0.39, 0.29) is 5.91 Å². The molecule has 0 radical (unpaired) electrons. The zero-order chi connectivity index (χ0) is 16.2. The second kappa shape index (κ2) is 6.81. The molecule has 0 saturated carbocycles. The number of carbonyl (C=O) groups is 1. The molecule has 0 aliphatic carbocycles. The number of hydrogen-bond acceptors (Lipinski definition) is 3. The van der Waals surface area contributed by atoms with Crippen LogP contribution in [-0.2, 0) is 6.54 Å². The Bertz CT molecular complexity index is 833. The van der Waals surface area contributed by atoms with E-state index >= 15 is 0 Å². The van der Waals surface area contributed by atoms with Gasteiger partial charge in [-0.05, 0) is 29.8 Å². The number of rotatable bonds is 4. The predicted molar refractivity (Wildman–Crippen MR) is 90.0 cm³/mol. The molecule has 0 saturated heterocycles. The molecule has 2 aromatic heterocycles. The summed E-state index contributed by atoms with van der Waals surface area (Å²) in [6.45, 7) is 0.487. The van der Waals surface area contributed by atoms with Gasteiger partial charge in [-0.2, -0.15) is 5.10 Å². The van der Waals surface area contributed by atoms with Gasteiger partial charge in [-0.1, -0.05) is 29.3 Å². The monoisotopic (exact) mass is 346 g/mol. The van der Waals surface area contributed by atoms with Crippen LogP contribution in [0.4, 0.5) is 5.69 Å². The van der Waals surface area contributed by atoms with Crippen LogP contribution in [0, 0.1) is 0 Å². The molecule has 0 aliphatic rings. The first-order valence-electron chi connectivity index (χ1n) is 6.79. The third-order valence-corrected chi connectivity index (χ3v) is 3.77. The maximum atomic E-state index is 12.1. The summed E-state index contributed by atoms with van der Waals surface area (Å²) in [5.74, 6) is -0.212. The summed E-state index contributed by atoms with van der Waals surface area (Å²) >= 11 is 12.0. The number of aromatic nitrogens is 3. The van der Waals surface area contributed by atoms with Crippen molar-refractivity contribution in [1.29, 1.82) is 0 Å². The Morgan fingerprint density at radius 3 is 2.70 bits per heavy atom. The van der Waals surface area contributed by atoms with Gasteiger partial charge in [0.25, 0.3) is 5.91 Å². The topological polar surface area (TPSA) is 59.8 Å². The van der Waals surface area contributed by atoms with E-state index < -0.39 is 0 Å². The Morgan fingerprint density at radius 2 is 1.96 bits per heavy atom. The number of benzene rings is 1. The standard InChI is InChI=1S/C16H12Cl2N4O/c17-13-2-1-12(15(18)7-13)9-22-10-14(8-20-22)21-16(23)11-3-5-19-6-4-11/h1-8,10H,9H2,(H,21,23). The lowest BCUT2D eigenvalue weighted by Gasteiger charge is -2.05. The van der Waals surface area contributed by atoms with Crippen LogP contribution in [0.5, 0.6) is 0 Å². The van der Waals surface area contributed by atoms with Crippen molar-refractivity contribution in [2.75, 3.05) is 5.32 Å². The molecule has 0 aliphatic heterocycles. The minimum atomic E-state index is -0.212. The number of nitrogens with zero attached hydrogens (tertiary/aromatic N) is 3. The minimum absolute atomic E-state index is 0.212. The highest BCUT2D eigenvalue weighted by molar-refractivity contribution is 6.35. The third-order valence-electron chi connectivity index (χ3n) is 3.18. The van der Waals surface area contributed by atoms with Crippen molar-refractivity contribution in [3.8, 4) is 0 Å². The smallest absolute Gasteiger partial charge is 0.255 e. The first kappa shape index (κ1) is 15.5. The third kappa shape index (κ3) is 3.88. The molecule has 3 rings (SSSR count). The lowest BCUT2D eigenvalue weighted by atomic mass is 10.2. The van der Waals surface area contributed by atoms with Crippen molar-refractivity contribution in [2.24, 2.45) is 0 Å². The van der Waals surface area contributed by atoms with Gasteiger partial charge in [-0.15, -0.1) is 0 Å². The fraction of sp³-hybridized carbons (Fsp3) is 0.0625. The van der Waals surface area contributed by atoms with Crippen LogP contribution in [0.3, 0.4) is 0 Å². The van der Waals surface area contributed by atoms with Crippen molar-refractivity contribution < 1.29 is 4.79 Å². The number of amides is 1. The van der Waals surface area contributed by atoms with E-state index in [1.165, 1.54) is 0 Å². The van der Waals surface area contributed by atoms with Crippen molar-refractivity contribution in [3.63, 3.8) is 0 Å². The first-order chi connectivity index (χ1) is 11.1. The number of carbonyl (C=O) groups excluding carboxylic acids is 1. The summed E-state index contributed by atoms with van der Waals surface area (Å²) in [4.78, 5) is 15.9. The molecule has 23 heavy (non-hydrogen) atoms. The molecule has 0 bridgehead atoms. The van der Waals surface area contributed by atoms with Gasteiger partial charge in [0.1, 0.15) is 0 Å². The second-order valence-corrected chi connectivity index (χ2v) is 5.70. The average Bonchev–Trinajstić information content (AvgIpc) is 2.98. The first-order valence-corrected chi connectivity index (χ1v) is 7.55. The molecular weight excluding hydrogens is 335 g/mol. The van der Waals surface area contributed by atoms with Gasteiger partial charge in [0.15, 0.2) is 0 Å². The van der Waals surface area contributed by atoms with E-state index in [1.54, 1.807) is 53.7 Å². The normalized spacial score (nSPS) is 10.5. The van der Waals surface area contributed by atoms with Crippen molar-refractivity contribution in [2.45, 2.75) is 6.54 Å². The summed E-state index contributed by atoms with van der Waals surface area (Å²) in [6.07, 6.45) is 6.47. The highest BCUT2D eigenvalue weighted by Gasteiger charge is 2.08. The van der Waals surface area contributed by atoms with Gasteiger partial charge in [-0.3, -0.25) is 14.5 Å². The highest BCUT2D eigenvalue weighted by atomic mass is 35.5. The maximum absolute atomic E-state index is 12.1. The Morgan fingerprint density at radius 1 is 1.17 bits per heavy atom. The Hall–Kier alpha value is -2.37. The van der Waals surface area contributed by atoms with Gasteiger partial charge in [0, 0.05) is 34.2 Å². The number of nitrogens with one attached hydrogen (secondary N) is 1. The molecule has 1 N–H and O–H groups in total. The van der Waals surface area contributed by atoms with Gasteiger partial charge < -0.3 is 5.32 Å². The van der Waals surface area contributed by atoms with Crippen LogP contribution >= 0.6 is 23.2 Å². The minimum Gasteiger partial charge on any atom is -0.319 e. The molecule has 0 unspecified atom stereocenters. The van der Waals surface area contributed by atoms with Crippen molar-refractivity contribution in [1.82, 2.24) is 14.8 Å². The molecule has 5 nitrogen and oxygen atoms in total. The quantitative estimate of drug-likeness (QED) is 0.779. The molecule has 1 amide bonds. The second-order valence-electron chi connectivity index (χ2n) is 4.85. The summed E-state index contributed by atoms with van der Waals surface area (Å²) in [7, 11) is 0. The van der Waals surface area contributed by atoms with Gasteiger partial charge >= 0.3 is 0 Å². The Kier molecular flexibility index (Phi) is 4.60. The molecule has 116 valence electrons. The summed E-state index contributed by atoms with van der Waals surface area (Å²) in [6, 6.07) is 8.61. The molecule has 7 heteroatoms. The molecule has 1 aromatic carbocycles. The molecule has 0 spiro atoms. The zero-order valence-corrected chi connectivity index (χ0v) is 13.4. The fourth-order valence-corrected chi connectivity index (χ4v) is 2.51. The van der Waals surface area contributed by atoms with Gasteiger partial charge in [0.2, 0.25) is 0 Å². The zero-order valence-electron chi connectivity index (χ0n) is 11.9. The van der Waals surface area contributed by atoms with Gasteiger partial charge in [-0.25, -0.2) is 0 Å². The van der Waals surface area contributed by atoms with Crippen LogP contribution < -0.4 is 5.32 Å². The molecule has 3 aromatic rings. The number of pyridine rings is 1. The maximum Gasteiger partial charge on any atom is 0.255 e. The van der Waals surface area contributed by atoms with Crippen molar-refractivity contribution in [3.05, 3.63) is 76.3 Å². The van der Waals surface area contributed by atoms with Crippen LogP contribution in [0.25, 0.3) is 0 Å². The SMILES string of the molecule is O=C(Nc1cnn(Cc2ccc(Cl)cc2Cl)c1)c1ccncc1. The van der Waals surface area contributed by atoms with Crippen LogP contribution in [0.1, 0.15) is 15.9 Å². The summed E-state index contributed by atoms with van der Waals surface area (Å²) < 4.78 is 1.69. The summed E-state index contributed by atoms with van der Waals surface area (Å²) in [5, 5.41) is 8.17. The largest absolute Gasteiger partial charge is 0.319 e. The number of halogens is 2. The van der Waals surface area contributed by atoms with E-state index in [2.05, 4.69) is 15.4 Å². The molecule has 0 atom stereocenters. The fourth-order valence-electron chi connectivity index (χ4n) is 2.05. The van der Waals surface area contributed by atoms with Crippen LogP contribution in [0.2, 0.25) is 10.0 Å². The number of hydrogen-bond donors (Lipinski definition) is 1. The lowest BCUT2D eigenvalue weighted by Crippen LogP contribution is -2.11. The summed E-state index contributed by atoms with van der Waals surface area (Å²) in [5.41, 5.74) is 2.04. The Labute approximate surface area is 142 Å². The molecule has 2 heterocycles. The Balaban J connectivity index is 1.70. The number of anilines is 1. The van der Waals surface area contributed by atoms with E-state index in [1.807, 2.05) is 6.07 Å². The molecule has 0 fully saturated rings. The van der Waals surface area contributed by atoms with E-state index in [0.717, 1.165) is 5.56 Å². The predicted octanol–water partition coefficient (Wildman–Crippen LogP) is 3.89. The lowest BCUT2D eigenvalue weighted by molar-refractivity contribution is 0.102. The van der Waals surface area contributed by atoms with Crippen LogP contribution in [-0.4, -0.2) is 20.7 Å². The molecular formula is C16H12Cl2N4O. The van der Waals surface area contributed by atoms with E-state index in [9.17, 15) is 4.79 Å². The van der Waals surface area contributed by atoms with Crippen LogP contribution in [0.15, 0.2) is 55.1 Å². The van der Waals surface area contributed by atoms with E-state index in [0.29, 0.717) is 27.8 Å². The average molecular weight is 347 g/mol.